The average molecular weight is 349 g/mol. The molecule has 0 aliphatic heterocycles. The molecular weight excluding hydrogens is 324 g/mol. The van der Waals surface area contributed by atoms with E-state index in [1.54, 1.807) is 0 Å². The third kappa shape index (κ3) is 3.04. The van der Waals surface area contributed by atoms with Crippen LogP contribution in [0.2, 0.25) is 0 Å². The third-order valence-electron chi connectivity index (χ3n) is 5.01. The Morgan fingerprint density at radius 3 is 2.81 bits per heavy atom. The SMILES string of the molecule is Cc1c(Br)c2ccccc2n1CCNC1CCCCC1C. The lowest BCUT2D eigenvalue weighted by molar-refractivity contribution is 0.278. The van der Waals surface area contributed by atoms with Crippen LogP contribution < -0.4 is 5.32 Å². The first-order chi connectivity index (χ1) is 10.2. The molecule has 3 rings (SSSR count). The Hall–Kier alpha value is -0.800. The van der Waals surface area contributed by atoms with Crippen LogP contribution in [0.3, 0.4) is 0 Å². The zero-order valence-corrected chi connectivity index (χ0v) is 14.6. The fraction of sp³-hybridized carbons (Fsp3) is 0.556. The van der Waals surface area contributed by atoms with E-state index in [0.717, 1.165) is 19.0 Å². The second-order valence-corrected chi connectivity index (χ2v) is 7.18. The molecule has 1 heterocycles. The molecule has 1 saturated carbocycles. The van der Waals surface area contributed by atoms with Gasteiger partial charge in [-0.2, -0.15) is 0 Å². The van der Waals surface area contributed by atoms with E-state index in [1.807, 2.05) is 0 Å². The van der Waals surface area contributed by atoms with Gasteiger partial charge in [-0.05, 0) is 47.7 Å². The van der Waals surface area contributed by atoms with Gasteiger partial charge in [0.2, 0.25) is 0 Å². The molecule has 1 aromatic heterocycles. The van der Waals surface area contributed by atoms with E-state index in [0.29, 0.717) is 6.04 Å². The first-order valence-corrected chi connectivity index (χ1v) is 8.94. The molecule has 0 bridgehead atoms. The maximum atomic E-state index is 3.78. The van der Waals surface area contributed by atoms with Crippen LogP contribution in [0.5, 0.6) is 0 Å². The normalized spacial score (nSPS) is 22.8. The summed E-state index contributed by atoms with van der Waals surface area (Å²) in [5, 5.41) is 5.11. The van der Waals surface area contributed by atoms with Crippen LogP contribution in [0.15, 0.2) is 28.7 Å². The number of benzene rings is 1. The number of nitrogens with zero attached hydrogens (tertiary/aromatic N) is 1. The molecule has 2 unspecified atom stereocenters. The van der Waals surface area contributed by atoms with E-state index in [4.69, 9.17) is 0 Å². The number of nitrogens with one attached hydrogen (secondary N) is 1. The molecule has 0 saturated heterocycles. The number of fused-ring (bicyclic) bond motifs is 1. The van der Waals surface area contributed by atoms with E-state index in [1.165, 1.54) is 46.8 Å². The summed E-state index contributed by atoms with van der Waals surface area (Å²) in [5.41, 5.74) is 2.66. The number of para-hydroxylation sites is 1. The van der Waals surface area contributed by atoms with Gasteiger partial charge < -0.3 is 9.88 Å². The first kappa shape index (κ1) is 15.1. The van der Waals surface area contributed by atoms with Gasteiger partial charge in [0.1, 0.15) is 0 Å². The van der Waals surface area contributed by atoms with Crippen LogP contribution in [0.4, 0.5) is 0 Å². The number of aromatic nitrogens is 1. The molecule has 1 aromatic carbocycles. The van der Waals surface area contributed by atoms with Gasteiger partial charge in [0, 0.05) is 40.2 Å². The molecule has 1 aliphatic rings. The molecule has 2 atom stereocenters. The zero-order chi connectivity index (χ0) is 14.8. The molecule has 0 spiro atoms. The zero-order valence-electron chi connectivity index (χ0n) is 13.0. The van der Waals surface area contributed by atoms with Crippen LogP contribution in [0.25, 0.3) is 10.9 Å². The van der Waals surface area contributed by atoms with Gasteiger partial charge in [-0.3, -0.25) is 0 Å². The molecule has 0 radical (unpaired) electrons. The Morgan fingerprint density at radius 2 is 2.00 bits per heavy atom. The predicted molar refractivity (Wildman–Crippen MR) is 93.8 cm³/mol. The molecule has 3 heteroatoms. The minimum absolute atomic E-state index is 0.712. The maximum Gasteiger partial charge on any atom is 0.0494 e. The molecule has 1 aliphatic carbocycles. The van der Waals surface area contributed by atoms with E-state index in [2.05, 4.69) is 63.9 Å². The second kappa shape index (κ2) is 6.53. The number of rotatable bonds is 4. The van der Waals surface area contributed by atoms with Crippen LogP contribution in [0, 0.1) is 12.8 Å². The highest BCUT2D eigenvalue weighted by Crippen LogP contribution is 2.30. The van der Waals surface area contributed by atoms with Crippen molar-refractivity contribution < 1.29 is 0 Å². The quantitative estimate of drug-likeness (QED) is 0.832. The van der Waals surface area contributed by atoms with Crippen molar-refractivity contribution in [3.05, 3.63) is 34.4 Å². The summed E-state index contributed by atoms with van der Waals surface area (Å²) in [6, 6.07) is 9.36. The summed E-state index contributed by atoms with van der Waals surface area (Å²) in [6.07, 6.45) is 5.53. The van der Waals surface area contributed by atoms with Gasteiger partial charge in [0.25, 0.3) is 0 Å². The van der Waals surface area contributed by atoms with Crippen molar-refractivity contribution in [1.29, 1.82) is 0 Å². The summed E-state index contributed by atoms with van der Waals surface area (Å²) in [5.74, 6) is 0.827. The molecule has 2 aromatic rings. The van der Waals surface area contributed by atoms with Crippen molar-refractivity contribution in [2.45, 2.75) is 52.1 Å². The van der Waals surface area contributed by atoms with E-state index in [9.17, 15) is 0 Å². The van der Waals surface area contributed by atoms with E-state index >= 15 is 0 Å². The summed E-state index contributed by atoms with van der Waals surface area (Å²) in [4.78, 5) is 0. The highest BCUT2D eigenvalue weighted by atomic mass is 79.9. The Labute approximate surface area is 136 Å². The molecule has 2 nitrogen and oxygen atoms in total. The van der Waals surface area contributed by atoms with E-state index < -0.39 is 0 Å². The lowest BCUT2D eigenvalue weighted by Crippen LogP contribution is -2.38. The van der Waals surface area contributed by atoms with Gasteiger partial charge in [0.15, 0.2) is 0 Å². The lowest BCUT2D eigenvalue weighted by atomic mass is 9.86. The molecular formula is C18H25BrN2. The van der Waals surface area contributed by atoms with Gasteiger partial charge in [0.05, 0.1) is 0 Å². The average Bonchev–Trinajstić information content (AvgIpc) is 2.74. The summed E-state index contributed by atoms with van der Waals surface area (Å²) >= 11 is 3.74. The van der Waals surface area contributed by atoms with Crippen LogP contribution in [-0.2, 0) is 6.54 Å². The number of halogens is 1. The van der Waals surface area contributed by atoms with Crippen molar-refractivity contribution in [2.75, 3.05) is 6.54 Å². The minimum atomic E-state index is 0.712. The van der Waals surface area contributed by atoms with Crippen LogP contribution >= 0.6 is 15.9 Å². The Morgan fingerprint density at radius 1 is 1.24 bits per heavy atom. The third-order valence-corrected chi connectivity index (χ3v) is 6.01. The standard InChI is InChI=1S/C18H25BrN2/c1-13-7-3-5-9-16(13)20-11-12-21-14(2)18(19)15-8-4-6-10-17(15)21/h4,6,8,10,13,16,20H,3,5,7,9,11-12H2,1-2H3. The predicted octanol–water partition coefficient (Wildman–Crippen LogP) is 4.88. The van der Waals surface area contributed by atoms with Crippen LogP contribution in [-0.4, -0.2) is 17.2 Å². The summed E-state index contributed by atoms with van der Waals surface area (Å²) in [6.45, 7) is 6.69. The Balaban J connectivity index is 1.69. The summed E-state index contributed by atoms with van der Waals surface area (Å²) < 4.78 is 3.67. The molecule has 1 fully saturated rings. The van der Waals surface area contributed by atoms with Crippen molar-refractivity contribution >= 4 is 26.8 Å². The van der Waals surface area contributed by atoms with Crippen molar-refractivity contribution in [1.82, 2.24) is 9.88 Å². The Bertz CT molecular complexity index is 617. The molecule has 114 valence electrons. The van der Waals surface area contributed by atoms with Crippen LogP contribution in [0.1, 0.15) is 38.3 Å². The number of hydrogen-bond donors (Lipinski definition) is 1. The lowest BCUT2D eigenvalue weighted by Gasteiger charge is -2.29. The fourth-order valence-electron chi connectivity index (χ4n) is 3.66. The van der Waals surface area contributed by atoms with Crippen molar-refractivity contribution in [3.63, 3.8) is 0 Å². The van der Waals surface area contributed by atoms with E-state index in [-0.39, 0.29) is 0 Å². The molecule has 21 heavy (non-hydrogen) atoms. The second-order valence-electron chi connectivity index (χ2n) is 6.39. The molecule has 1 N–H and O–H groups in total. The van der Waals surface area contributed by atoms with Crippen molar-refractivity contribution in [2.24, 2.45) is 5.92 Å². The highest BCUT2D eigenvalue weighted by Gasteiger charge is 2.20. The largest absolute Gasteiger partial charge is 0.342 e. The molecule has 0 amide bonds. The maximum absolute atomic E-state index is 3.78. The monoisotopic (exact) mass is 348 g/mol. The first-order valence-electron chi connectivity index (χ1n) is 8.15. The Kier molecular flexibility index (Phi) is 4.70. The van der Waals surface area contributed by atoms with Crippen molar-refractivity contribution in [3.8, 4) is 0 Å². The van der Waals surface area contributed by atoms with Gasteiger partial charge >= 0.3 is 0 Å². The van der Waals surface area contributed by atoms with Gasteiger partial charge in [-0.15, -0.1) is 0 Å². The highest BCUT2D eigenvalue weighted by molar-refractivity contribution is 9.10. The van der Waals surface area contributed by atoms with Gasteiger partial charge in [-0.1, -0.05) is 38.0 Å². The van der Waals surface area contributed by atoms with Gasteiger partial charge in [-0.25, -0.2) is 0 Å². The summed E-state index contributed by atoms with van der Waals surface area (Å²) in [7, 11) is 0. The fourth-order valence-corrected chi connectivity index (χ4v) is 4.21. The minimum Gasteiger partial charge on any atom is -0.342 e. The topological polar surface area (TPSA) is 17.0 Å². The number of hydrogen-bond acceptors (Lipinski definition) is 1. The smallest absolute Gasteiger partial charge is 0.0494 e.